The van der Waals surface area contributed by atoms with Crippen LogP contribution in [-0.2, 0) is 6.54 Å². The summed E-state index contributed by atoms with van der Waals surface area (Å²) in [5.41, 5.74) is 1.98. The van der Waals surface area contributed by atoms with E-state index in [0.717, 1.165) is 12.3 Å². The molecule has 0 amide bonds. The quantitative estimate of drug-likeness (QED) is 0.881. The van der Waals surface area contributed by atoms with Crippen LogP contribution < -0.4 is 10.1 Å². The van der Waals surface area contributed by atoms with Crippen molar-refractivity contribution in [2.75, 3.05) is 33.3 Å². The number of nitrogens with one attached hydrogen (secondary N) is 1. The number of rotatable bonds is 3. The second-order valence-electron chi connectivity index (χ2n) is 5.77. The van der Waals surface area contributed by atoms with E-state index in [9.17, 15) is 0 Å². The van der Waals surface area contributed by atoms with Gasteiger partial charge in [0.25, 0.3) is 0 Å². The van der Waals surface area contributed by atoms with Gasteiger partial charge in [-0.3, -0.25) is 4.90 Å². The zero-order chi connectivity index (χ0) is 12.4. The Balaban J connectivity index is 1.61. The first-order valence-corrected chi connectivity index (χ1v) is 6.86. The standard InChI is InChI=1S/C15H22N2O/c1-18-14-5-3-13(4-6-14)9-17-8-2-7-15(12-17)10-16-11-15/h3-6,16H,2,7-12H2,1H3. The van der Waals surface area contributed by atoms with E-state index in [1.807, 2.05) is 0 Å². The second kappa shape index (κ2) is 4.90. The molecule has 2 fully saturated rings. The molecule has 3 rings (SSSR count). The highest BCUT2D eigenvalue weighted by atomic mass is 16.5. The van der Waals surface area contributed by atoms with E-state index in [1.165, 1.54) is 44.6 Å². The summed E-state index contributed by atoms with van der Waals surface area (Å²) in [4.78, 5) is 2.60. The van der Waals surface area contributed by atoms with Gasteiger partial charge < -0.3 is 10.1 Å². The topological polar surface area (TPSA) is 24.5 Å². The molecule has 2 heterocycles. The van der Waals surface area contributed by atoms with E-state index in [-0.39, 0.29) is 0 Å². The number of methoxy groups -OCH3 is 1. The summed E-state index contributed by atoms with van der Waals surface area (Å²) >= 11 is 0. The van der Waals surface area contributed by atoms with Gasteiger partial charge in [0, 0.05) is 31.6 Å². The van der Waals surface area contributed by atoms with E-state index in [0.29, 0.717) is 5.41 Å². The number of ether oxygens (including phenoxy) is 1. The third-order valence-electron chi connectivity index (χ3n) is 4.31. The third kappa shape index (κ3) is 2.38. The van der Waals surface area contributed by atoms with Crippen molar-refractivity contribution in [1.29, 1.82) is 0 Å². The van der Waals surface area contributed by atoms with Gasteiger partial charge in [-0.15, -0.1) is 0 Å². The fourth-order valence-corrected chi connectivity index (χ4v) is 3.20. The molecule has 1 N–H and O–H groups in total. The van der Waals surface area contributed by atoms with Crippen LogP contribution in [0.25, 0.3) is 0 Å². The Bertz CT molecular complexity index is 397. The molecule has 3 nitrogen and oxygen atoms in total. The van der Waals surface area contributed by atoms with Crippen LogP contribution in [0.1, 0.15) is 18.4 Å². The molecule has 1 spiro atoms. The minimum absolute atomic E-state index is 0.588. The lowest BCUT2D eigenvalue weighted by atomic mass is 9.75. The number of hydrogen-bond acceptors (Lipinski definition) is 3. The zero-order valence-electron chi connectivity index (χ0n) is 11.1. The Morgan fingerprint density at radius 3 is 2.67 bits per heavy atom. The number of piperidine rings is 1. The van der Waals surface area contributed by atoms with Crippen LogP contribution >= 0.6 is 0 Å². The highest BCUT2D eigenvalue weighted by Gasteiger charge is 2.40. The largest absolute Gasteiger partial charge is 0.497 e. The van der Waals surface area contributed by atoms with Gasteiger partial charge in [0.05, 0.1) is 7.11 Å². The smallest absolute Gasteiger partial charge is 0.118 e. The van der Waals surface area contributed by atoms with Crippen molar-refractivity contribution >= 4 is 0 Å². The van der Waals surface area contributed by atoms with Crippen molar-refractivity contribution in [3.05, 3.63) is 29.8 Å². The molecule has 98 valence electrons. The molecule has 0 bridgehead atoms. The number of likely N-dealkylation sites (tertiary alicyclic amines) is 1. The predicted molar refractivity (Wildman–Crippen MR) is 72.8 cm³/mol. The van der Waals surface area contributed by atoms with Crippen LogP contribution in [-0.4, -0.2) is 38.2 Å². The molecular weight excluding hydrogens is 224 g/mol. The molecule has 18 heavy (non-hydrogen) atoms. The van der Waals surface area contributed by atoms with Crippen molar-refractivity contribution in [2.45, 2.75) is 19.4 Å². The molecule has 2 aliphatic heterocycles. The monoisotopic (exact) mass is 246 g/mol. The van der Waals surface area contributed by atoms with Gasteiger partial charge in [0.2, 0.25) is 0 Å². The average Bonchev–Trinajstić information content (AvgIpc) is 2.38. The van der Waals surface area contributed by atoms with Crippen LogP contribution in [0.15, 0.2) is 24.3 Å². The highest BCUT2D eigenvalue weighted by Crippen LogP contribution is 2.34. The minimum atomic E-state index is 0.588. The predicted octanol–water partition coefficient (Wildman–Crippen LogP) is 1.88. The van der Waals surface area contributed by atoms with E-state index in [4.69, 9.17) is 4.74 Å². The Hall–Kier alpha value is -1.06. The summed E-state index contributed by atoms with van der Waals surface area (Å²) in [7, 11) is 1.72. The van der Waals surface area contributed by atoms with Gasteiger partial charge in [-0.25, -0.2) is 0 Å². The first kappa shape index (κ1) is 12.0. The summed E-state index contributed by atoms with van der Waals surface area (Å²) in [5, 5.41) is 3.43. The maximum Gasteiger partial charge on any atom is 0.118 e. The molecule has 1 aromatic carbocycles. The van der Waals surface area contributed by atoms with E-state index in [2.05, 4.69) is 34.5 Å². The lowest BCUT2D eigenvalue weighted by molar-refractivity contribution is 0.0375. The molecule has 0 atom stereocenters. The Morgan fingerprint density at radius 1 is 1.28 bits per heavy atom. The molecule has 0 radical (unpaired) electrons. The zero-order valence-corrected chi connectivity index (χ0v) is 11.1. The van der Waals surface area contributed by atoms with E-state index < -0.39 is 0 Å². The lowest BCUT2D eigenvalue weighted by Crippen LogP contribution is -2.60. The fourth-order valence-electron chi connectivity index (χ4n) is 3.20. The molecule has 2 aliphatic rings. The van der Waals surface area contributed by atoms with Gasteiger partial charge in [-0.2, -0.15) is 0 Å². The average molecular weight is 246 g/mol. The van der Waals surface area contributed by atoms with Crippen LogP contribution in [0.4, 0.5) is 0 Å². The lowest BCUT2D eigenvalue weighted by Gasteiger charge is -2.49. The molecular formula is C15H22N2O. The van der Waals surface area contributed by atoms with E-state index in [1.54, 1.807) is 7.11 Å². The Morgan fingerprint density at radius 2 is 2.06 bits per heavy atom. The van der Waals surface area contributed by atoms with Crippen molar-refractivity contribution in [2.24, 2.45) is 5.41 Å². The van der Waals surface area contributed by atoms with Gasteiger partial charge >= 0.3 is 0 Å². The summed E-state index contributed by atoms with van der Waals surface area (Å²) in [6, 6.07) is 8.47. The summed E-state index contributed by atoms with van der Waals surface area (Å²) < 4.78 is 5.20. The van der Waals surface area contributed by atoms with Crippen molar-refractivity contribution in [3.63, 3.8) is 0 Å². The Labute approximate surface area is 109 Å². The van der Waals surface area contributed by atoms with Crippen LogP contribution in [0, 0.1) is 5.41 Å². The van der Waals surface area contributed by atoms with Crippen LogP contribution in [0.5, 0.6) is 5.75 Å². The van der Waals surface area contributed by atoms with Crippen LogP contribution in [0.3, 0.4) is 0 Å². The SMILES string of the molecule is COc1ccc(CN2CCCC3(CNC3)C2)cc1. The summed E-state index contributed by atoms with van der Waals surface area (Å²) in [6.07, 6.45) is 2.75. The highest BCUT2D eigenvalue weighted by molar-refractivity contribution is 5.27. The first-order chi connectivity index (χ1) is 8.80. The molecule has 1 aromatic rings. The van der Waals surface area contributed by atoms with Crippen molar-refractivity contribution < 1.29 is 4.74 Å². The first-order valence-electron chi connectivity index (χ1n) is 6.86. The molecule has 0 saturated carbocycles. The normalized spacial score (nSPS) is 22.7. The minimum Gasteiger partial charge on any atom is -0.497 e. The van der Waals surface area contributed by atoms with Crippen molar-refractivity contribution in [3.8, 4) is 5.75 Å². The van der Waals surface area contributed by atoms with Gasteiger partial charge in [-0.1, -0.05) is 12.1 Å². The van der Waals surface area contributed by atoms with E-state index >= 15 is 0 Å². The molecule has 0 aliphatic carbocycles. The molecule has 0 aromatic heterocycles. The molecule has 3 heteroatoms. The maximum absolute atomic E-state index is 5.20. The molecule has 0 unspecified atom stereocenters. The maximum atomic E-state index is 5.20. The number of benzene rings is 1. The fraction of sp³-hybridized carbons (Fsp3) is 0.600. The summed E-state index contributed by atoms with van der Waals surface area (Å²) in [5.74, 6) is 0.942. The van der Waals surface area contributed by atoms with Gasteiger partial charge in [0.15, 0.2) is 0 Å². The van der Waals surface area contributed by atoms with Gasteiger partial charge in [0.1, 0.15) is 5.75 Å². The van der Waals surface area contributed by atoms with Gasteiger partial charge in [-0.05, 0) is 37.1 Å². The number of nitrogens with zero attached hydrogens (tertiary/aromatic N) is 1. The third-order valence-corrected chi connectivity index (χ3v) is 4.31. The number of hydrogen-bond donors (Lipinski definition) is 1. The molecule has 2 saturated heterocycles. The summed E-state index contributed by atoms with van der Waals surface area (Å²) in [6.45, 7) is 6.00. The van der Waals surface area contributed by atoms with Crippen molar-refractivity contribution in [1.82, 2.24) is 10.2 Å². The Kier molecular flexibility index (Phi) is 3.27. The van der Waals surface area contributed by atoms with Crippen LogP contribution in [0.2, 0.25) is 0 Å². The second-order valence-corrected chi connectivity index (χ2v) is 5.77.